The highest BCUT2D eigenvalue weighted by atomic mass is 16.1. The maximum absolute atomic E-state index is 11.4. The number of H-pyrrole nitrogens is 1. The van der Waals surface area contributed by atoms with Crippen molar-refractivity contribution in [3.05, 3.63) is 60.0 Å². The number of carbonyl (C=O) groups is 1. The van der Waals surface area contributed by atoms with Gasteiger partial charge in [-0.05, 0) is 36.8 Å². The predicted octanol–water partition coefficient (Wildman–Crippen LogP) is 3.83. The molecule has 0 saturated carbocycles. The van der Waals surface area contributed by atoms with Crippen molar-refractivity contribution in [1.82, 2.24) is 19.9 Å². The molecule has 4 aromatic heterocycles. The molecule has 4 aromatic rings. The fourth-order valence-corrected chi connectivity index (χ4v) is 3.05. The van der Waals surface area contributed by atoms with Gasteiger partial charge in [-0.15, -0.1) is 0 Å². The highest BCUT2D eigenvalue weighted by molar-refractivity contribution is 6.01. The monoisotopic (exact) mass is 368 g/mol. The molecule has 0 aromatic carbocycles. The fraction of sp³-hybridized carbons (Fsp3) is 0.0952. The van der Waals surface area contributed by atoms with Crippen molar-refractivity contribution >= 4 is 22.8 Å². The largest absolute Gasteiger partial charge is 0.353 e. The summed E-state index contributed by atoms with van der Waals surface area (Å²) in [6.07, 6.45) is 4.98. The van der Waals surface area contributed by atoms with Crippen LogP contribution in [0.3, 0.4) is 0 Å². The van der Waals surface area contributed by atoms with E-state index in [-0.39, 0.29) is 5.91 Å². The fourth-order valence-electron chi connectivity index (χ4n) is 3.05. The Morgan fingerprint density at radius 2 is 2.00 bits per heavy atom. The molecule has 1 amide bonds. The molecule has 0 spiro atoms. The van der Waals surface area contributed by atoms with Gasteiger partial charge in [0.25, 0.3) is 0 Å². The van der Waals surface area contributed by atoms with Crippen molar-refractivity contribution < 1.29 is 4.79 Å². The number of carbonyl (C=O) groups excluding carboxylic acids is 1. The first-order valence-corrected chi connectivity index (χ1v) is 8.64. The van der Waals surface area contributed by atoms with E-state index >= 15 is 0 Å². The second-order valence-corrected chi connectivity index (χ2v) is 6.44. The maximum Gasteiger partial charge on any atom is 0.222 e. The average Bonchev–Trinajstić information content (AvgIpc) is 3.07. The molecule has 7 nitrogen and oxygen atoms in total. The van der Waals surface area contributed by atoms with Crippen LogP contribution in [-0.4, -0.2) is 25.8 Å². The van der Waals surface area contributed by atoms with Crippen LogP contribution < -0.4 is 5.32 Å². The Bertz CT molecular complexity index is 1230. The SMILES string of the molecule is CC(=O)Nc1cc(-c2[nH]c3cc(C#N)cnc3c2-c2ccc(C)cn2)ccn1. The summed E-state index contributed by atoms with van der Waals surface area (Å²) < 4.78 is 0. The number of aromatic amines is 1. The number of hydrogen-bond acceptors (Lipinski definition) is 5. The van der Waals surface area contributed by atoms with Crippen molar-refractivity contribution in [2.24, 2.45) is 0 Å². The normalized spacial score (nSPS) is 10.6. The Morgan fingerprint density at radius 3 is 2.71 bits per heavy atom. The molecule has 7 heteroatoms. The highest BCUT2D eigenvalue weighted by Gasteiger charge is 2.18. The van der Waals surface area contributed by atoms with E-state index in [4.69, 9.17) is 0 Å². The third-order valence-corrected chi connectivity index (χ3v) is 4.28. The molecule has 0 saturated heterocycles. The molecular formula is C21H16N6O. The molecule has 0 fully saturated rings. The van der Waals surface area contributed by atoms with Gasteiger partial charge >= 0.3 is 0 Å². The molecule has 0 atom stereocenters. The number of aryl methyl sites for hydroxylation is 1. The summed E-state index contributed by atoms with van der Waals surface area (Å²) in [4.78, 5) is 28.0. The number of nitriles is 1. The van der Waals surface area contributed by atoms with Crippen LogP contribution in [0.2, 0.25) is 0 Å². The average molecular weight is 368 g/mol. The number of hydrogen-bond donors (Lipinski definition) is 2. The second kappa shape index (κ2) is 6.93. The Hall–Kier alpha value is -4.05. The molecule has 28 heavy (non-hydrogen) atoms. The van der Waals surface area contributed by atoms with Crippen LogP contribution >= 0.6 is 0 Å². The topological polar surface area (TPSA) is 107 Å². The van der Waals surface area contributed by atoms with E-state index in [0.29, 0.717) is 11.4 Å². The Kier molecular flexibility index (Phi) is 4.30. The van der Waals surface area contributed by atoms with Crippen molar-refractivity contribution in [1.29, 1.82) is 5.26 Å². The van der Waals surface area contributed by atoms with E-state index < -0.39 is 0 Å². The summed E-state index contributed by atoms with van der Waals surface area (Å²) in [5.41, 5.74) is 6.21. The molecule has 136 valence electrons. The molecule has 4 heterocycles. The third-order valence-electron chi connectivity index (χ3n) is 4.28. The lowest BCUT2D eigenvalue weighted by molar-refractivity contribution is -0.114. The number of pyridine rings is 3. The molecule has 0 aliphatic heterocycles. The quantitative estimate of drug-likeness (QED) is 0.571. The van der Waals surface area contributed by atoms with E-state index in [2.05, 4.69) is 31.3 Å². The van der Waals surface area contributed by atoms with Gasteiger partial charge in [0.1, 0.15) is 11.9 Å². The van der Waals surface area contributed by atoms with Crippen LogP contribution in [0.15, 0.2) is 48.9 Å². The Morgan fingerprint density at radius 1 is 1.14 bits per heavy atom. The number of nitrogens with one attached hydrogen (secondary N) is 2. The van der Waals surface area contributed by atoms with Gasteiger partial charge in [0, 0.05) is 31.1 Å². The minimum Gasteiger partial charge on any atom is -0.353 e. The minimum absolute atomic E-state index is 0.193. The van der Waals surface area contributed by atoms with E-state index in [1.807, 2.05) is 25.1 Å². The summed E-state index contributed by atoms with van der Waals surface area (Å²) in [6, 6.07) is 11.4. The number of rotatable bonds is 3. The zero-order chi connectivity index (χ0) is 19.7. The van der Waals surface area contributed by atoms with Gasteiger partial charge in [0.2, 0.25) is 5.91 Å². The molecule has 0 radical (unpaired) electrons. The molecule has 4 rings (SSSR count). The summed E-state index contributed by atoms with van der Waals surface area (Å²) in [6.45, 7) is 3.42. The van der Waals surface area contributed by atoms with E-state index in [1.54, 1.807) is 30.7 Å². The zero-order valence-electron chi connectivity index (χ0n) is 15.3. The molecule has 0 unspecified atom stereocenters. The van der Waals surface area contributed by atoms with Crippen LogP contribution in [0.25, 0.3) is 33.5 Å². The smallest absolute Gasteiger partial charge is 0.222 e. The summed E-state index contributed by atoms with van der Waals surface area (Å²) in [7, 11) is 0. The molecular weight excluding hydrogens is 352 g/mol. The van der Waals surface area contributed by atoms with Gasteiger partial charge in [0.15, 0.2) is 0 Å². The first kappa shape index (κ1) is 17.4. The van der Waals surface area contributed by atoms with Crippen molar-refractivity contribution in [2.75, 3.05) is 5.32 Å². The van der Waals surface area contributed by atoms with Gasteiger partial charge in [-0.3, -0.25) is 14.8 Å². The van der Waals surface area contributed by atoms with Gasteiger partial charge in [0.05, 0.1) is 33.5 Å². The van der Waals surface area contributed by atoms with E-state index in [9.17, 15) is 10.1 Å². The standard InChI is InChI=1S/C21H16N6O/c1-12-3-4-16(24-10-12)19-20(15-5-6-23-18(8-15)26-13(2)28)27-17-7-14(9-22)11-25-21(17)19/h3-8,10-11,27H,1-2H3,(H,23,26,28). The van der Waals surface area contributed by atoms with Crippen molar-refractivity contribution in [3.63, 3.8) is 0 Å². The van der Waals surface area contributed by atoms with E-state index in [1.165, 1.54) is 6.92 Å². The first-order valence-electron chi connectivity index (χ1n) is 8.64. The van der Waals surface area contributed by atoms with Crippen LogP contribution in [-0.2, 0) is 4.79 Å². The number of amides is 1. The number of aromatic nitrogens is 4. The van der Waals surface area contributed by atoms with Crippen molar-refractivity contribution in [3.8, 4) is 28.6 Å². The predicted molar refractivity (Wildman–Crippen MR) is 106 cm³/mol. The summed E-state index contributed by atoms with van der Waals surface area (Å²) >= 11 is 0. The number of fused-ring (bicyclic) bond motifs is 1. The Balaban J connectivity index is 1.97. The molecule has 0 aliphatic carbocycles. The second-order valence-electron chi connectivity index (χ2n) is 6.44. The Labute approximate surface area is 161 Å². The highest BCUT2D eigenvalue weighted by Crippen LogP contribution is 2.37. The van der Waals surface area contributed by atoms with Gasteiger partial charge in [-0.25, -0.2) is 4.98 Å². The lowest BCUT2D eigenvalue weighted by Gasteiger charge is -2.07. The van der Waals surface area contributed by atoms with Crippen molar-refractivity contribution in [2.45, 2.75) is 13.8 Å². The first-order chi connectivity index (χ1) is 13.5. The molecule has 2 N–H and O–H groups in total. The van der Waals surface area contributed by atoms with Crippen LogP contribution in [0.5, 0.6) is 0 Å². The van der Waals surface area contributed by atoms with Crippen LogP contribution in [0, 0.1) is 18.3 Å². The van der Waals surface area contributed by atoms with Gasteiger partial charge in [-0.2, -0.15) is 5.26 Å². The summed E-state index contributed by atoms with van der Waals surface area (Å²) in [5, 5.41) is 11.9. The van der Waals surface area contributed by atoms with Gasteiger partial charge < -0.3 is 10.3 Å². The lowest BCUT2D eigenvalue weighted by Crippen LogP contribution is -2.07. The number of anilines is 1. The van der Waals surface area contributed by atoms with Crippen LogP contribution in [0.4, 0.5) is 5.82 Å². The zero-order valence-corrected chi connectivity index (χ0v) is 15.3. The third kappa shape index (κ3) is 3.19. The maximum atomic E-state index is 11.4. The van der Waals surface area contributed by atoms with E-state index in [0.717, 1.165) is 39.1 Å². The molecule has 0 aliphatic rings. The number of nitrogens with zero attached hydrogens (tertiary/aromatic N) is 4. The van der Waals surface area contributed by atoms with Crippen LogP contribution in [0.1, 0.15) is 18.1 Å². The lowest BCUT2D eigenvalue weighted by atomic mass is 10.0. The minimum atomic E-state index is -0.193. The van der Waals surface area contributed by atoms with Gasteiger partial charge in [-0.1, -0.05) is 6.07 Å². The summed E-state index contributed by atoms with van der Waals surface area (Å²) in [5.74, 6) is 0.263. The molecule has 0 bridgehead atoms.